The van der Waals surface area contributed by atoms with Crippen molar-refractivity contribution in [3.05, 3.63) is 65.9 Å². The van der Waals surface area contributed by atoms with E-state index >= 15 is 0 Å². The zero-order chi connectivity index (χ0) is 17.6. The third-order valence-electron chi connectivity index (χ3n) is 4.40. The first kappa shape index (κ1) is 17.3. The zero-order valence-electron chi connectivity index (χ0n) is 15.0. The van der Waals surface area contributed by atoms with Crippen LogP contribution < -0.4 is 4.74 Å². The highest BCUT2D eigenvalue weighted by Gasteiger charge is 2.13. The van der Waals surface area contributed by atoms with Gasteiger partial charge in [0.15, 0.2) is 5.78 Å². The number of ether oxygens (including phenoxy) is 1. The summed E-state index contributed by atoms with van der Waals surface area (Å²) in [5.74, 6) is 1.13. The first-order chi connectivity index (χ1) is 12.2. The van der Waals surface area contributed by atoms with E-state index < -0.39 is 0 Å². The maximum atomic E-state index is 12.4. The molecule has 3 heteroatoms. The van der Waals surface area contributed by atoms with E-state index in [1.54, 1.807) is 0 Å². The molecule has 0 atom stereocenters. The second-order valence-corrected chi connectivity index (χ2v) is 6.44. The fraction of sp³-hybridized carbons (Fsp3) is 0.318. The van der Waals surface area contributed by atoms with Crippen LogP contribution in [0.4, 0.5) is 0 Å². The van der Waals surface area contributed by atoms with Crippen molar-refractivity contribution in [2.45, 2.75) is 39.7 Å². The van der Waals surface area contributed by atoms with E-state index in [0.717, 1.165) is 41.6 Å². The second kappa shape index (κ2) is 8.02. The Kier molecular flexibility index (Phi) is 5.54. The number of fused-ring (bicyclic) bond motifs is 1. The Hall–Kier alpha value is -2.55. The number of hydrogen-bond acceptors (Lipinski definition) is 2. The van der Waals surface area contributed by atoms with Crippen molar-refractivity contribution < 1.29 is 9.53 Å². The summed E-state index contributed by atoms with van der Waals surface area (Å²) < 4.78 is 7.98. The van der Waals surface area contributed by atoms with Gasteiger partial charge in [-0.15, -0.1) is 0 Å². The van der Waals surface area contributed by atoms with Gasteiger partial charge in [-0.05, 0) is 38.0 Å². The Morgan fingerprint density at radius 1 is 1.08 bits per heavy atom. The third kappa shape index (κ3) is 4.11. The highest BCUT2D eigenvalue weighted by Crippen LogP contribution is 2.23. The van der Waals surface area contributed by atoms with Crippen molar-refractivity contribution in [1.82, 2.24) is 4.57 Å². The van der Waals surface area contributed by atoms with Gasteiger partial charge in [0.05, 0.1) is 6.61 Å². The number of rotatable bonds is 8. The fourth-order valence-corrected chi connectivity index (χ4v) is 3.08. The molecule has 1 heterocycles. The molecule has 0 bridgehead atoms. The van der Waals surface area contributed by atoms with E-state index in [-0.39, 0.29) is 5.78 Å². The summed E-state index contributed by atoms with van der Waals surface area (Å²) in [6.07, 6.45) is 4.38. The number of nitrogens with zero attached hydrogens (tertiary/aromatic N) is 1. The van der Waals surface area contributed by atoms with Crippen LogP contribution in [0.15, 0.2) is 54.7 Å². The first-order valence-corrected chi connectivity index (χ1v) is 8.99. The minimum atomic E-state index is 0.230. The van der Waals surface area contributed by atoms with Crippen LogP contribution in [0.1, 0.15) is 42.1 Å². The summed E-state index contributed by atoms with van der Waals surface area (Å²) >= 11 is 0. The molecule has 0 N–H and O–H groups in total. The van der Waals surface area contributed by atoms with Gasteiger partial charge in [0.2, 0.25) is 0 Å². The topological polar surface area (TPSA) is 31.2 Å². The van der Waals surface area contributed by atoms with Crippen LogP contribution in [-0.4, -0.2) is 17.0 Å². The van der Waals surface area contributed by atoms with Crippen LogP contribution >= 0.6 is 0 Å². The van der Waals surface area contributed by atoms with Gasteiger partial charge in [0.1, 0.15) is 5.75 Å². The summed E-state index contributed by atoms with van der Waals surface area (Å²) in [5, 5.41) is 1.06. The Bertz CT molecular complexity index is 846. The number of benzene rings is 2. The van der Waals surface area contributed by atoms with Crippen LogP contribution in [-0.2, 0) is 6.54 Å². The van der Waals surface area contributed by atoms with Gasteiger partial charge in [0.25, 0.3) is 0 Å². The van der Waals surface area contributed by atoms with Crippen molar-refractivity contribution in [3.8, 4) is 5.75 Å². The number of Topliss-reactive ketones (excluding diaryl/α,β-unsaturated/α-hetero) is 1. The largest absolute Gasteiger partial charge is 0.494 e. The number of aromatic nitrogens is 1. The summed E-state index contributed by atoms with van der Waals surface area (Å²) in [5.41, 5.74) is 3.20. The smallest absolute Gasteiger partial charge is 0.165 e. The summed E-state index contributed by atoms with van der Waals surface area (Å²) in [7, 11) is 0. The number of ketones is 1. The lowest BCUT2D eigenvalue weighted by Crippen LogP contribution is -2.04. The quantitative estimate of drug-likeness (QED) is 0.407. The van der Waals surface area contributed by atoms with E-state index in [9.17, 15) is 4.79 Å². The minimum Gasteiger partial charge on any atom is -0.494 e. The molecule has 0 aliphatic heterocycles. The van der Waals surface area contributed by atoms with E-state index in [0.29, 0.717) is 13.0 Å². The number of para-hydroxylation sites is 1. The van der Waals surface area contributed by atoms with E-state index in [4.69, 9.17) is 4.74 Å². The third-order valence-corrected chi connectivity index (χ3v) is 4.40. The summed E-state index contributed by atoms with van der Waals surface area (Å²) in [4.78, 5) is 12.4. The lowest BCUT2D eigenvalue weighted by Gasteiger charge is -2.08. The van der Waals surface area contributed by atoms with Crippen molar-refractivity contribution >= 4 is 16.7 Å². The molecule has 0 saturated heterocycles. The van der Waals surface area contributed by atoms with Crippen LogP contribution in [0.3, 0.4) is 0 Å². The monoisotopic (exact) mass is 335 g/mol. The minimum absolute atomic E-state index is 0.230. The van der Waals surface area contributed by atoms with Crippen LogP contribution in [0.25, 0.3) is 10.9 Å². The lowest BCUT2D eigenvalue weighted by molar-refractivity contribution is 0.0983. The number of carbonyl (C=O) groups is 1. The molecule has 0 amide bonds. The molecule has 130 valence electrons. The first-order valence-electron chi connectivity index (χ1n) is 8.99. The predicted octanol–water partition coefficient (Wildman–Crippen LogP) is 5.40. The van der Waals surface area contributed by atoms with Gasteiger partial charge in [-0.3, -0.25) is 4.79 Å². The average Bonchev–Trinajstić information content (AvgIpc) is 2.99. The van der Waals surface area contributed by atoms with Gasteiger partial charge in [-0.25, -0.2) is 0 Å². The summed E-state index contributed by atoms with van der Waals surface area (Å²) in [6, 6.07) is 16.3. The van der Waals surface area contributed by atoms with Crippen LogP contribution in [0, 0.1) is 6.92 Å². The number of hydrogen-bond donors (Lipinski definition) is 0. The molecule has 0 aliphatic carbocycles. The van der Waals surface area contributed by atoms with Gasteiger partial charge in [-0.2, -0.15) is 0 Å². The molecule has 0 radical (unpaired) electrons. The highest BCUT2D eigenvalue weighted by atomic mass is 16.5. The Balaban J connectivity index is 1.67. The normalized spacial score (nSPS) is 11.0. The van der Waals surface area contributed by atoms with Gasteiger partial charge >= 0.3 is 0 Å². The molecule has 0 spiro atoms. The van der Waals surface area contributed by atoms with Crippen LogP contribution in [0.5, 0.6) is 5.75 Å². The molecule has 1 aromatic heterocycles. The van der Waals surface area contributed by atoms with Crippen molar-refractivity contribution in [3.63, 3.8) is 0 Å². The molecule has 0 aliphatic rings. The Morgan fingerprint density at radius 2 is 1.84 bits per heavy atom. The molecule has 3 rings (SSSR count). The molecule has 0 saturated carbocycles. The van der Waals surface area contributed by atoms with E-state index in [1.165, 1.54) is 5.56 Å². The lowest BCUT2D eigenvalue weighted by atomic mass is 10.1. The molecular weight excluding hydrogens is 310 g/mol. The second-order valence-electron chi connectivity index (χ2n) is 6.44. The van der Waals surface area contributed by atoms with Crippen molar-refractivity contribution in [2.24, 2.45) is 0 Å². The standard InChI is InChI=1S/C22H25NO2/c1-3-7-22(24)20-16-23(21-9-5-4-8-19(20)21)14-6-15-25-18-12-10-17(2)11-13-18/h4-5,8-13,16H,3,6-7,14-15H2,1-2H3. The molecular formula is C22H25NO2. The van der Waals surface area contributed by atoms with Gasteiger partial charge in [-0.1, -0.05) is 42.8 Å². The maximum Gasteiger partial charge on any atom is 0.165 e. The van der Waals surface area contributed by atoms with Crippen molar-refractivity contribution in [2.75, 3.05) is 6.61 Å². The number of aryl methyl sites for hydroxylation is 2. The summed E-state index contributed by atoms with van der Waals surface area (Å²) in [6.45, 7) is 5.61. The molecule has 0 fully saturated rings. The number of carbonyl (C=O) groups excluding carboxylic acids is 1. The Morgan fingerprint density at radius 3 is 2.60 bits per heavy atom. The maximum absolute atomic E-state index is 12.4. The molecule has 3 nitrogen and oxygen atoms in total. The van der Waals surface area contributed by atoms with E-state index in [1.807, 2.05) is 43.5 Å². The molecule has 25 heavy (non-hydrogen) atoms. The molecule has 0 unspecified atom stereocenters. The zero-order valence-corrected chi connectivity index (χ0v) is 15.0. The highest BCUT2D eigenvalue weighted by molar-refractivity contribution is 6.08. The van der Waals surface area contributed by atoms with Gasteiger partial charge < -0.3 is 9.30 Å². The predicted molar refractivity (Wildman–Crippen MR) is 102 cm³/mol. The van der Waals surface area contributed by atoms with Crippen molar-refractivity contribution in [1.29, 1.82) is 0 Å². The molecule has 2 aromatic carbocycles. The fourth-order valence-electron chi connectivity index (χ4n) is 3.08. The molecule has 3 aromatic rings. The Labute approximate surface area is 149 Å². The SMILES string of the molecule is CCCC(=O)c1cn(CCCOc2ccc(C)cc2)c2ccccc12. The van der Waals surface area contributed by atoms with E-state index in [2.05, 4.69) is 29.7 Å². The van der Waals surface area contributed by atoms with Crippen LogP contribution in [0.2, 0.25) is 0 Å². The van der Waals surface area contributed by atoms with Gasteiger partial charge in [0, 0.05) is 35.6 Å². The average molecular weight is 335 g/mol.